The monoisotopic (exact) mass is 244 g/mol. The van der Waals surface area contributed by atoms with Crippen LogP contribution in [0.4, 0.5) is 0 Å². The molecule has 0 aromatic heterocycles. The van der Waals surface area contributed by atoms with E-state index >= 15 is 0 Å². The summed E-state index contributed by atoms with van der Waals surface area (Å²) in [5.74, 6) is -0.194. The van der Waals surface area contributed by atoms with E-state index in [1.54, 1.807) is 18.1 Å². The molecule has 90 valence electrons. The summed E-state index contributed by atoms with van der Waals surface area (Å²) in [6.07, 6.45) is 1.81. The highest BCUT2D eigenvalue weighted by atomic mass is 32.2. The molecule has 6 nitrogen and oxygen atoms in total. The molecule has 4 atom stereocenters. The lowest BCUT2D eigenvalue weighted by Gasteiger charge is -2.34. The van der Waals surface area contributed by atoms with Crippen LogP contribution in [0.1, 0.15) is 6.92 Å². The topological polar surface area (TPSA) is 74.8 Å². The van der Waals surface area contributed by atoms with Crippen molar-refractivity contribution in [2.24, 2.45) is 4.99 Å². The molecule has 0 amide bonds. The minimum Gasteiger partial charge on any atom is -0.468 e. The van der Waals surface area contributed by atoms with Gasteiger partial charge in [-0.3, -0.25) is 20.4 Å². The molecule has 2 heterocycles. The number of fused-ring (bicyclic) bond motifs is 1. The molecular formula is C9H16N4O2S. The molecule has 0 saturated carbocycles. The van der Waals surface area contributed by atoms with Crippen molar-refractivity contribution < 1.29 is 9.53 Å². The minimum atomic E-state index is -0.194. The van der Waals surface area contributed by atoms with Gasteiger partial charge in [-0.05, 0) is 6.92 Å². The van der Waals surface area contributed by atoms with Gasteiger partial charge in [0.1, 0.15) is 11.4 Å². The van der Waals surface area contributed by atoms with Crippen LogP contribution in [-0.2, 0) is 9.53 Å². The Morgan fingerprint density at radius 1 is 1.62 bits per heavy atom. The second kappa shape index (κ2) is 5.03. The maximum atomic E-state index is 11.3. The number of hydrogen-bond donors (Lipinski definition) is 3. The molecule has 1 fully saturated rings. The van der Waals surface area contributed by atoms with Crippen molar-refractivity contribution in [2.45, 2.75) is 29.8 Å². The van der Waals surface area contributed by atoms with Gasteiger partial charge in [-0.15, -0.1) is 11.8 Å². The maximum absolute atomic E-state index is 11.3. The van der Waals surface area contributed by atoms with Gasteiger partial charge in [0.2, 0.25) is 0 Å². The molecule has 16 heavy (non-hydrogen) atoms. The van der Waals surface area contributed by atoms with E-state index in [1.807, 2.05) is 6.92 Å². The number of esters is 1. The standard InChI is InChI=1S/C9H16N4O2S/c1-5(9(14)15-2)16-8-6-7(11-3-10-6)12-4-13-8/h3,5-8,12-13H,4H2,1-2H3,(H,10,11)/t5-,6?,7?,8?/m1/s1. The van der Waals surface area contributed by atoms with E-state index in [4.69, 9.17) is 4.74 Å². The molecule has 7 heteroatoms. The van der Waals surface area contributed by atoms with Gasteiger partial charge in [0.25, 0.3) is 0 Å². The molecule has 2 aliphatic rings. The summed E-state index contributed by atoms with van der Waals surface area (Å²) in [4.78, 5) is 15.6. The van der Waals surface area contributed by atoms with Crippen LogP contribution >= 0.6 is 11.8 Å². The van der Waals surface area contributed by atoms with E-state index in [-0.39, 0.29) is 28.8 Å². The fourth-order valence-electron chi connectivity index (χ4n) is 1.79. The van der Waals surface area contributed by atoms with E-state index in [9.17, 15) is 4.79 Å². The zero-order chi connectivity index (χ0) is 11.5. The van der Waals surface area contributed by atoms with Crippen LogP contribution < -0.4 is 16.0 Å². The molecule has 1 saturated heterocycles. The largest absolute Gasteiger partial charge is 0.468 e. The number of nitrogens with zero attached hydrogens (tertiary/aromatic N) is 1. The number of aliphatic imine (C=N–C) groups is 1. The van der Waals surface area contributed by atoms with Gasteiger partial charge in [-0.1, -0.05) is 0 Å². The summed E-state index contributed by atoms with van der Waals surface area (Å²) in [7, 11) is 1.41. The van der Waals surface area contributed by atoms with Gasteiger partial charge in [-0.25, -0.2) is 0 Å². The lowest BCUT2D eigenvalue weighted by atomic mass is 10.2. The Bertz CT molecular complexity index is 299. The summed E-state index contributed by atoms with van der Waals surface area (Å²) in [5.41, 5.74) is 0. The van der Waals surface area contributed by atoms with Crippen LogP contribution in [0.3, 0.4) is 0 Å². The number of thioether (sulfide) groups is 1. The first-order chi connectivity index (χ1) is 7.72. The Morgan fingerprint density at radius 3 is 3.19 bits per heavy atom. The van der Waals surface area contributed by atoms with Crippen LogP contribution in [-0.4, -0.2) is 48.9 Å². The molecule has 2 rings (SSSR count). The van der Waals surface area contributed by atoms with Crippen LogP contribution in [0.5, 0.6) is 0 Å². The lowest BCUT2D eigenvalue weighted by molar-refractivity contribution is -0.139. The summed E-state index contributed by atoms with van der Waals surface area (Å²) in [6, 6.07) is 0.186. The SMILES string of the molecule is COC(=O)[C@@H](C)SC1NCNC2N=CNC21. The predicted molar refractivity (Wildman–Crippen MR) is 63.2 cm³/mol. The van der Waals surface area contributed by atoms with Crippen LogP contribution in [0, 0.1) is 0 Å². The van der Waals surface area contributed by atoms with Gasteiger partial charge in [0, 0.05) is 6.67 Å². The predicted octanol–water partition coefficient (Wildman–Crippen LogP) is -0.916. The van der Waals surface area contributed by atoms with E-state index in [2.05, 4.69) is 20.9 Å². The first kappa shape index (κ1) is 11.7. The Kier molecular flexibility index (Phi) is 3.67. The molecule has 2 aliphatic heterocycles. The van der Waals surface area contributed by atoms with Crippen LogP contribution in [0.15, 0.2) is 4.99 Å². The zero-order valence-electron chi connectivity index (χ0n) is 9.27. The first-order valence-electron chi connectivity index (χ1n) is 5.20. The van der Waals surface area contributed by atoms with E-state index < -0.39 is 0 Å². The molecule has 0 aliphatic carbocycles. The molecule has 0 radical (unpaired) electrons. The lowest BCUT2D eigenvalue weighted by Crippen LogP contribution is -2.61. The molecular weight excluding hydrogens is 228 g/mol. The van der Waals surface area contributed by atoms with Gasteiger partial charge >= 0.3 is 5.97 Å². The number of methoxy groups -OCH3 is 1. The molecule has 0 spiro atoms. The summed E-state index contributed by atoms with van der Waals surface area (Å²) in [5, 5.41) is 9.69. The molecule has 0 aromatic carbocycles. The maximum Gasteiger partial charge on any atom is 0.318 e. The molecule has 3 unspecified atom stereocenters. The number of carbonyl (C=O) groups is 1. The number of rotatable bonds is 3. The first-order valence-corrected chi connectivity index (χ1v) is 6.14. The number of hydrogen-bond acceptors (Lipinski definition) is 7. The van der Waals surface area contributed by atoms with Crippen LogP contribution in [0.2, 0.25) is 0 Å². The van der Waals surface area contributed by atoms with Crippen molar-refractivity contribution in [3.8, 4) is 0 Å². The average molecular weight is 244 g/mol. The van der Waals surface area contributed by atoms with Crippen molar-refractivity contribution in [1.29, 1.82) is 0 Å². The minimum absolute atomic E-state index is 0.101. The Morgan fingerprint density at radius 2 is 2.44 bits per heavy atom. The van der Waals surface area contributed by atoms with Gasteiger partial charge in [0.05, 0.1) is 24.9 Å². The smallest absolute Gasteiger partial charge is 0.318 e. The van der Waals surface area contributed by atoms with Gasteiger partial charge < -0.3 is 10.1 Å². The highest BCUT2D eigenvalue weighted by Crippen LogP contribution is 2.24. The second-order valence-corrected chi connectivity index (χ2v) is 5.21. The van der Waals surface area contributed by atoms with Crippen molar-refractivity contribution >= 4 is 24.1 Å². The molecule has 0 bridgehead atoms. The summed E-state index contributed by atoms with van der Waals surface area (Å²) >= 11 is 1.56. The Labute approximate surface area is 98.6 Å². The van der Waals surface area contributed by atoms with Gasteiger partial charge in [-0.2, -0.15) is 0 Å². The molecule has 3 N–H and O–H groups in total. The van der Waals surface area contributed by atoms with Crippen molar-refractivity contribution in [3.63, 3.8) is 0 Å². The highest BCUT2D eigenvalue weighted by molar-refractivity contribution is 8.01. The third-order valence-corrected chi connectivity index (χ3v) is 4.02. The van der Waals surface area contributed by atoms with E-state index in [0.29, 0.717) is 6.67 Å². The summed E-state index contributed by atoms with van der Waals surface area (Å²) in [6.45, 7) is 2.55. The Hall–Kier alpha value is -0.790. The highest BCUT2D eigenvalue weighted by Gasteiger charge is 2.36. The number of nitrogens with one attached hydrogen (secondary N) is 3. The Balaban J connectivity index is 1.91. The normalized spacial score (nSPS) is 34.0. The number of ether oxygens (including phenoxy) is 1. The van der Waals surface area contributed by atoms with E-state index in [0.717, 1.165) is 0 Å². The number of carbonyl (C=O) groups excluding carboxylic acids is 1. The van der Waals surface area contributed by atoms with E-state index in [1.165, 1.54) is 7.11 Å². The zero-order valence-corrected chi connectivity index (χ0v) is 10.1. The average Bonchev–Trinajstić information content (AvgIpc) is 2.77. The second-order valence-electron chi connectivity index (χ2n) is 3.72. The third kappa shape index (κ3) is 2.31. The van der Waals surface area contributed by atoms with Crippen molar-refractivity contribution in [1.82, 2.24) is 16.0 Å². The van der Waals surface area contributed by atoms with Gasteiger partial charge in [0.15, 0.2) is 0 Å². The summed E-state index contributed by atoms with van der Waals surface area (Å²) < 4.78 is 4.71. The molecule has 0 aromatic rings. The quantitative estimate of drug-likeness (QED) is 0.558. The fraction of sp³-hybridized carbons (Fsp3) is 0.778. The van der Waals surface area contributed by atoms with Crippen molar-refractivity contribution in [3.05, 3.63) is 0 Å². The van der Waals surface area contributed by atoms with Crippen molar-refractivity contribution in [2.75, 3.05) is 13.8 Å². The third-order valence-electron chi connectivity index (χ3n) is 2.67. The van der Waals surface area contributed by atoms with Crippen LogP contribution in [0.25, 0.3) is 0 Å². The fourth-order valence-corrected chi connectivity index (χ4v) is 3.01.